The molecule has 0 aliphatic heterocycles. The Bertz CT molecular complexity index is 274. The van der Waals surface area contributed by atoms with Crippen LogP contribution in [0.2, 0.25) is 0 Å². The molecule has 19 heavy (non-hydrogen) atoms. The van der Waals surface area contributed by atoms with Crippen molar-refractivity contribution in [3.63, 3.8) is 0 Å². The molecule has 1 unspecified atom stereocenters. The molecule has 6 N–H and O–H groups in total. The Hall–Kier alpha value is -0.524. The molecular weight excluding hydrogens is 289 g/mol. The molecule has 9 nitrogen and oxygen atoms in total. The zero-order valence-electron chi connectivity index (χ0n) is 9.99. The molecule has 0 bridgehead atoms. The van der Waals surface area contributed by atoms with Crippen LogP contribution in [0.25, 0.3) is 0 Å². The first-order valence-corrected chi connectivity index (χ1v) is 4.59. The molecule has 0 radical (unpaired) electrons. The van der Waals surface area contributed by atoms with Crippen LogP contribution >= 0.6 is 0 Å². The van der Waals surface area contributed by atoms with Crippen LogP contribution in [-0.2, 0) is 19.2 Å². The second kappa shape index (κ2) is 17.5. The number of carboxylic acids is 4. The third kappa shape index (κ3) is 58.3. The van der Waals surface area contributed by atoms with Crippen LogP contribution < -0.4 is 5.73 Å². The summed E-state index contributed by atoms with van der Waals surface area (Å²) in [6, 6.07) is -1.06. The summed E-state index contributed by atoms with van der Waals surface area (Å²) >= 11 is 0. The zero-order valence-corrected chi connectivity index (χ0v) is 9.99. The van der Waals surface area contributed by atoms with Crippen molar-refractivity contribution in [3.8, 4) is 0 Å². The standard InChI is InChI=1S/C5H9NO4.2C2H4O2.K.H/c6-3(5(9)10)1-2-4(7)8;2*1-2(3)4;;/h3H,1-2,6H2,(H,7,8)(H,9,10);2*1H3,(H,3,4);;. The van der Waals surface area contributed by atoms with E-state index in [4.69, 9.17) is 35.7 Å². The summed E-state index contributed by atoms with van der Waals surface area (Å²) in [5, 5.41) is 31.1. The van der Waals surface area contributed by atoms with Crippen LogP contribution in [0, 0.1) is 0 Å². The fourth-order valence-electron chi connectivity index (χ4n) is 0.402. The summed E-state index contributed by atoms with van der Waals surface area (Å²) in [7, 11) is 0. The molecule has 0 rings (SSSR count). The maximum absolute atomic E-state index is 9.99. The van der Waals surface area contributed by atoms with E-state index in [1.165, 1.54) is 0 Å². The van der Waals surface area contributed by atoms with Crippen molar-refractivity contribution >= 4 is 75.3 Å². The van der Waals surface area contributed by atoms with Gasteiger partial charge < -0.3 is 26.2 Å². The Morgan fingerprint density at radius 3 is 1.37 bits per heavy atom. The normalized spacial score (nSPS) is 9.21. The first-order valence-electron chi connectivity index (χ1n) is 4.59. The molecule has 0 saturated heterocycles. The van der Waals surface area contributed by atoms with Crippen molar-refractivity contribution in [1.82, 2.24) is 0 Å². The molecule has 0 aliphatic carbocycles. The van der Waals surface area contributed by atoms with Gasteiger partial charge in [-0.3, -0.25) is 19.2 Å². The van der Waals surface area contributed by atoms with E-state index < -0.39 is 29.9 Å². The molecule has 0 fully saturated rings. The van der Waals surface area contributed by atoms with Gasteiger partial charge in [-0.05, 0) is 6.42 Å². The van der Waals surface area contributed by atoms with Gasteiger partial charge in [-0.25, -0.2) is 0 Å². The van der Waals surface area contributed by atoms with E-state index in [2.05, 4.69) is 0 Å². The number of carbonyl (C=O) groups is 4. The first kappa shape index (κ1) is 26.9. The van der Waals surface area contributed by atoms with E-state index in [0.717, 1.165) is 13.8 Å². The van der Waals surface area contributed by atoms with Crippen LogP contribution in [0.4, 0.5) is 0 Å². The SMILES string of the molecule is CC(=O)O.CC(=O)O.NC(CCC(=O)O)C(=O)O.[KH]. The minimum absolute atomic E-state index is 0. The average Bonchev–Trinajstić information content (AvgIpc) is 2.11. The van der Waals surface area contributed by atoms with Gasteiger partial charge in [-0.1, -0.05) is 0 Å². The molecule has 0 aromatic carbocycles. The fourth-order valence-corrected chi connectivity index (χ4v) is 0.402. The van der Waals surface area contributed by atoms with Gasteiger partial charge in [-0.15, -0.1) is 0 Å². The Morgan fingerprint density at radius 1 is 0.947 bits per heavy atom. The predicted molar refractivity (Wildman–Crippen MR) is 66.2 cm³/mol. The van der Waals surface area contributed by atoms with E-state index in [9.17, 15) is 9.59 Å². The third-order valence-corrected chi connectivity index (χ3v) is 0.986. The summed E-state index contributed by atoms with van der Waals surface area (Å²) < 4.78 is 0. The molecule has 0 amide bonds. The van der Waals surface area contributed by atoms with Gasteiger partial charge in [0.15, 0.2) is 0 Å². The number of aliphatic carboxylic acids is 4. The molecule has 0 spiro atoms. The van der Waals surface area contributed by atoms with Gasteiger partial charge >= 0.3 is 63.3 Å². The van der Waals surface area contributed by atoms with Crippen molar-refractivity contribution in [1.29, 1.82) is 0 Å². The molecule has 1 atom stereocenters. The van der Waals surface area contributed by atoms with Gasteiger partial charge in [0, 0.05) is 20.3 Å². The molecule has 0 saturated carbocycles. The van der Waals surface area contributed by atoms with Gasteiger partial charge in [-0.2, -0.15) is 0 Å². The van der Waals surface area contributed by atoms with E-state index >= 15 is 0 Å². The average molecular weight is 307 g/mol. The molecular formula is C9H18KNO8. The molecule has 0 aromatic heterocycles. The van der Waals surface area contributed by atoms with Gasteiger partial charge in [0.05, 0.1) is 0 Å². The third-order valence-electron chi connectivity index (χ3n) is 0.986. The van der Waals surface area contributed by atoms with E-state index in [1.807, 2.05) is 0 Å². The van der Waals surface area contributed by atoms with Crippen LogP contribution in [0.1, 0.15) is 26.7 Å². The Balaban J connectivity index is -0.000000105. The molecule has 0 aromatic rings. The van der Waals surface area contributed by atoms with Crippen molar-refractivity contribution in [2.24, 2.45) is 5.73 Å². The van der Waals surface area contributed by atoms with Gasteiger partial charge in [0.25, 0.3) is 11.9 Å². The van der Waals surface area contributed by atoms with Gasteiger partial charge in [0.1, 0.15) is 6.04 Å². The number of hydrogen-bond acceptors (Lipinski definition) is 5. The second-order valence-corrected chi connectivity index (χ2v) is 2.92. The Morgan fingerprint density at radius 2 is 1.21 bits per heavy atom. The Kier molecular flexibility index (Phi) is 24.8. The molecule has 0 aliphatic rings. The van der Waals surface area contributed by atoms with Crippen molar-refractivity contribution in [3.05, 3.63) is 0 Å². The van der Waals surface area contributed by atoms with Crippen LogP contribution in [0.3, 0.4) is 0 Å². The summed E-state index contributed by atoms with van der Waals surface area (Å²) in [5.74, 6) is -3.86. The van der Waals surface area contributed by atoms with Crippen LogP contribution in [0.15, 0.2) is 0 Å². The predicted octanol–water partition coefficient (Wildman–Crippen LogP) is -1.20. The van der Waals surface area contributed by atoms with Crippen molar-refractivity contribution < 1.29 is 39.6 Å². The van der Waals surface area contributed by atoms with Crippen molar-refractivity contribution in [2.45, 2.75) is 32.7 Å². The minimum atomic E-state index is -1.17. The zero-order chi connectivity index (χ0) is 15.3. The van der Waals surface area contributed by atoms with E-state index in [1.54, 1.807) is 0 Å². The first-order chi connectivity index (χ1) is 8.00. The summed E-state index contributed by atoms with van der Waals surface area (Å²) in [6.45, 7) is 2.17. The molecule has 10 heteroatoms. The summed E-state index contributed by atoms with van der Waals surface area (Å²) in [4.78, 5) is 37.9. The van der Waals surface area contributed by atoms with E-state index in [0.29, 0.717) is 0 Å². The molecule has 0 heterocycles. The molecule has 108 valence electrons. The number of rotatable bonds is 4. The quantitative estimate of drug-likeness (QED) is 0.399. The number of carboxylic acid groups (broad SMARTS) is 4. The fraction of sp³-hybridized carbons (Fsp3) is 0.556. The Labute approximate surface area is 152 Å². The number of nitrogens with two attached hydrogens (primary N) is 1. The van der Waals surface area contributed by atoms with E-state index in [-0.39, 0.29) is 64.2 Å². The maximum atomic E-state index is 9.99. The van der Waals surface area contributed by atoms with Crippen LogP contribution in [0.5, 0.6) is 0 Å². The topological polar surface area (TPSA) is 175 Å². The van der Waals surface area contributed by atoms with Gasteiger partial charge in [0.2, 0.25) is 0 Å². The van der Waals surface area contributed by atoms with Crippen LogP contribution in [-0.4, -0.2) is 102 Å². The van der Waals surface area contributed by atoms with Crippen molar-refractivity contribution in [2.75, 3.05) is 0 Å². The number of hydrogen-bond donors (Lipinski definition) is 5. The second-order valence-electron chi connectivity index (χ2n) is 2.92. The summed E-state index contributed by atoms with van der Waals surface area (Å²) in [6.07, 6.45) is -0.224. The summed E-state index contributed by atoms with van der Waals surface area (Å²) in [5.41, 5.74) is 5.00. The monoisotopic (exact) mass is 307 g/mol.